The standard InChI is InChI=1S/C58H66N4O6/c63-45-20-10-34(29-48(45)66)9-17-39-40-4-1-5-46(64)49(40)51(68)50(67)41(39)18-8-33-6-11-35(12-7-33)44-31-55(25-27-59-28-26-55)42-30-38-14-13-37-15-19-43-54(61-32-60-43)58(53(42)62-44)52-47(65)21-16-36-3-2-22-56(36,52)23-24-57(37,38)58/h1,4-7,9-12,16-17,20-21,29,32,36-38,42,44,47,52-53,59,62-68H,2-3,8,13-15,18-19,22-28,30-31H2,(H,60,61). The van der Waals surface area contributed by atoms with Gasteiger partial charge in [-0.05, 0) is 189 Å². The number of phenolic OH excluding ortho intramolecular Hbond substituents is 5. The average Bonchev–Trinajstić information content (AvgIpc) is 4.08. The number of aliphatic hydroxyl groups excluding tert-OH is 1. The predicted molar refractivity (Wildman–Crippen MR) is 263 cm³/mol. The van der Waals surface area contributed by atoms with Crippen molar-refractivity contribution in [2.75, 3.05) is 13.1 Å². The van der Waals surface area contributed by atoms with Crippen LogP contribution in [0.3, 0.4) is 0 Å². The molecular weight excluding hydrogens is 849 g/mol. The van der Waals surface area contributed by atoms with E-state index in [0.29, 0.717) is 58.6 Å². The first-order valence-corrected chi connectivity index (χ1v) is 25.9. The second-order valence-electron chi connectivity index (χ2n) is 22.7. The lowest BCUT2D eigenvalue weighted by atomic mass is 9.30. The third kappa shape index (κ3) is 5.83. The topological polar surface area (TPSA) is 174 Å². The second-order valence-corrected chi connectivity index (χ2v) is 22.7. The molecule has 11 unspecified atom stereocenters. The maximum Gasteiger partial charge on any atom is 0.169 e. The van der Waals surface area contributed by atoms with Gasteiger partial charge in [0.25, 0.3) is 0 Å². The molecule has 1 aromatic heterocycles. The number of allylic oxidation sites excluding steroid dienone is 1. The van der Waals surface area contributed by atoms with E-state index < -0.39 is 6.10 Å². The number of nitrogens with one attached hydrogen (secondary N) is 3. The summed E-state index contributed by atoms with van der Waals surface area (Å²) in [5.74, 6) is 1.20. The van der Waals surface area contributed by atoms with Gasteiger partial charge in [-0.25, -0.2) is 4.98 Å². The Morgan fingerprint density at radius 1 is 0.765 bits per heavy atom. The number of hydrogen-bond acceptors (Lipinski definition) is 9. The van der Waals surface area contributed by atoms with Crippen LogP contribution >= 0.6 is 0 Å². The number of rotatable bonds is 6. The SMILES string of the molecule is Oc1ccc(C=Cc2c(CCc3ccc(C4CC5(CCNCC5)C5CC6CCC7CCc8[nH]cnc8C8(C5N4)C4C(O)C=CC5CCCC54CCC768)cc3)c(O)c(O)c3c(O)cccc23)cc1O. The van der Waals surface area contributed by atoms with Crippen LogP contribution in [0.15, 0.2) is 79.1 Å². The maximum absolute atomic E-state index is 12.9. The molecule has 68 heavy (non-hydrogen) atoms. The Morgan fingerprint density at radius 2 is 1.60 bits per heavy atom. The molecule has 3 spiro atoms. The first kappa shape index (κ1) is 42.8. The van der Waals surface area contributed by atoms with Crippen molar-refractivity contribution in [1.29, 1.82) is 0 Å². The molecule has 13 rings (SSSR count). The van der Waals surface area contributed by atoms with Crippen LogP contribution in [0.5, 0.6) is 28.7 Å². The number of hydrogen-bond donors (Lipinski definition) is 9. The fraction of sp³-hybridized carbons (Fsp3) is 0.500. The predicted octanol–water partition coefficient (Wildman–Crippen LogP) is 9.86. The van der Waals surface area contributed by atoms with Crippen LogP contribution in [0, 0.1) is 45.8 Å². The lowest BCUT2D eigenvalue weighted by Crippen LogP contribution is -2.79. The molecule has 6 fully saturated rings. The zero-order valence-electron chi connectivity index (χ0n) is 38.9. The highest BCUT2D eigenvalue weighted by molar-refractivity contribution is 6.03. The van der Waals surface area contributed by atoms with E-state index in [9.17, 15) is 30.6 Å². The Bertz CT molecular complexity index is 2860. The number of imidazole rings is 1. The lowest BCUT2D eigenvalue weighted by Gasteiger charge is -2.75. The van der Waals surface area contributed by atoms with Gasteiger partial charge in [0.1, 0.15) is 5.75 Å². The number of aryl methyl sites for hydroxylation is 2. The Balaban J connectivity index is 0.884. The first-order chi connectivity index (χ1) is 33.1. The van der Waals surface area contributed by atoms with Crippen LogP contribution in [0.1, 0.15) is 122 Å². The molecule has 0 radical (unpaired) electrons. The van der Waals surface area contributed by atoms with Gasteiger partial charge in [0.05, 0.1) is 23.5 Å². The number of benzene rings is 4. The molecule has 2 saturated heterocycles. The van der Waals surface area contributed by atoms with Crippen molar-refractivity contribution < 1.29 is 30.6 Å². The number of aromatic nitrogens is 2. The number of H-pyrrole nitrogens is 1. The summed E-state index contributed by atoms with van der Waals surface area (Å²) in [6.45, 7) is 2.08. The zero-order chi connectivity index (χ0) is 46.2. The Morgan fingerprint density at radius 3 is 2.44 bits per heavy atom. The summed E-state index contributed by atoms with van der Waals surface area (Å²) >= 11 is 0. The van der Waals surface area contributed by atoms with E-state index >= 15 is 0 Å². The van der Waals surface area contributed by atoms with Crippen molar-refractivity contribution in [3.63, 3.8) is 0 Å². The van der Waals surface area contributed by atoms with Crippen LogP contribution in [-0.4, -0.2) is 65.8 Å². The van der Waals surface area contributed by atoms with Crippen LogP contribution in [0.2, 0.25) is 0 Å². The molecule has 11 atom stereocenters. The van der Waals surface area contributed by atoms with E-state index in [1.807, 2.05) is 18.5 Å². The van der Waals surface area contributed by atoms with Gasteiger partial charge in [0.2, 0.25) is 0 Å². The number of fused-ring (bicyclic) bond motifs is 4. The fourth-order valence-corrected chi connectivity index (χ4v) is 18.0. The van der Waals surface area contributed by atoms with E-state index in [1.165, 1.54) is 106 Å². The molecule has 0 bridgehead atoms. The molecule has 8 aliphatic rings. The van der Waals surface area contributed by atoms with E-state index in [-0.39, 0.29) is 73.8 Å². The molecule has 4 aromatic carbocycles. The summed E-state index contributed by atoms with van der Waals surface area (Å²) in [7, 11) is 0. The minimum Gasteiger partial charge on any atom is -0.507 e. The Hall–Kier alpha value is -5.29. The third-order valence-electron chi connectivity index (χ3n) is 20.5. The number of nitrogens with zero attached hydrogens (tertiary/aromatic N) is 1. The molecule has 2 aliphatic heterocycles. The fourth-order valence-electron chi connectivity index (χ4n) is 18.0. The Kier molecular flexibility index (Phi) is 9.82. The maximum atomic E-state index is 12.9. The van der Waals surface area contributed by atoms with Gasteiger partial charge in [-0.2, -0.15) is 0 Å². The molecule has 0 amide bonds. The zero-order valence-corrected chi connectivity index (χ0v) is 38.9. The van der Waals surface area contributed by atoms with E-state index in [0.717, 1.165) is 31.5 Å². The largest absolute Gasteiger partial charge is 0.507 e. The number of phenols is 5. The van der Waals surface area contributed by atoms with Crippen molar-refractivity contribution in [3.05, 3.63) is 118 Å². The van der Waals surface area contributed by atoms with Gasteiger partial charge >= 0.3 is 0 Å². The van der Waals surface area contributed by atoms with Gasteiger partial charge in [0, 0.05) is 34.7 Å². The minimum absolute atomic E-state index is 0.0813. The molecule has 10 heteroatoms. The summed E-state index contributed by atoms with van der Waals surface area (Å²) in [4.78, 5) is 9.29. The highest BCUT2D eigenvalue weighted by Crippen LogP contribution is 2.81. The molecule has 5 aromatic rings. The molecule has 3 heterocycles. The summed E-state index contributed by atoms with van der Waals surface area (Å²) in [6.07, 6.45) is 26.5. The highest BCUT2D eigenvalue weighted by atomic mass is 16.3. The van der Waals surface area contributed by atoms with Gasteiger partial charge in [0.15, 0.2) is 23.0 Å². The number of piperidine rings is 2. The van der Waals surface area contributed by atoms with E-state index in [2.05, 4.69) is 52.0 Å². The molecular formula is C58H66N4O6. The van der Waals surface area contributed by atoms with E-state index in [1.54, 1.807) is 18.2 Å². The van der Waals surface area contributed by atoms with Crippen molar-refractivity contribution in [2.24, 2.45) is 45.8 Å². The van der Waals surface area contributed by atoms with Gasteiger partial charge in [-0.3, -0.25) is 0 Å². The highest BCUT2D eigenvalue weighted by Gasteiger charge is 2.80. The van der Waals surface area contributed by atoms with Crippen molar-refractivity contribution >= 4 is 22.9 Å². The van der Waals surface area contributed by atoms with Gasteiger partial charge in [-0.1, -0.05) is 73.2 Å². The average molecular weight is 915 g/mol. The van der Waals surface area contributed by atoms with Crippen LogP contribution < -0.4 is 10.6 Å². The van der Waals surface area contributed by atoms with Crippen molar-refractivity contribution in [3.8, 4) is 28.7 Å². The smallest absolute Gasteiger partial charge is 0.169 e. The van der Waals surface area contributed by atoms with Crippen LogP contribution in [0.25, 0.3) is 22.9 Å². The summed E-state index contributed by atoms with van der Waals surface area (Å²) < 4.78 is 0. The second kappa shape index (κ2) is 15.6. The van der Waals surface area contributed by atoms with Gasteiger partial charge < -0.3 is 46.3 Å². The minimum atomic E-state index is -0.498. The van der Waals surface area contributed by atoms with Crippen LogP contribution in [0.4, 0.5) is 0 Å². The summed E-state index contributed by atoms with van der Waals surface area (Å²) in [5, 5.41) is 75.9. The van der Waals surface area contributed by atoms with Crippen molar-refractivity contribution in [2.45, 2.75) is 120 Å². The third-order valence-corrected chi connectivity index (χ3v) is 20.5. The van der Waals surface area contributed by atoms with Gasteiger partial charge in [-0.15, -0.1) is 0 Å². The lowest BCUT2D eigenvalue weighted by molar-refractivity contribution is -0.227. The quantitative estimate of drug-likeness (QED) is 0.0457. The molecule has 9 N–H and O–H groups in total. The summed E-state index contributed by atoms with van der Waals surface area (Å²) in [5.41, 5.74) is 6.95. The summed E-state index contributed by atoms with van der Waals surface area (Å²) in [6, 6.07) is 19.1. The monoisotopic (exact) mass is 914 g/mol. The molecule has 4 saturated carbocycles. The molecule has 354 valence electrons. The normalized spacial score (nSPS) is 35.3. The molecule has 10 nitrogen and oxygen atoms in total. The van der Waals surface area contributed by atoms with Crippen molar-refractivity contribution in [1.82, 2.24) is 20.6 Å². The Labute approximate surface area is 398 Å². The molecule has 6 aliphatic carbocycles. The van der Waals surface area contributed by atoms with E-state index in [4.69, 9.17) is 4.98 Å². The number of aromatic hydroxyl groups is 5. The van der Waals surface area contributed by atoms with Crippen LogP contribution in [-0.2, 0) is 24.7 Å². The number of aromatic amines is 1. The number of aliphatic hydroxyl groups is 1. The first-order valence-electron chi connectivity index (χ1n) is 25.9.